The Hall–Kier alpha value is -3.19. The van der Waals surface area contributed by atoms with Gasteiger partial charge in [-0.05, 0) is 17.7 Å². The lowest BCUT2D eigenvalue weighted by Crippen LogP contribution is -2.26. The van der Waals surface area contributed by atoms with Gasteiger partial charge >= 0.3 is 0 Å². The molecule has 2 aromatic heterocycles. The van der Waals surface area contributed by atoms with Gasteiger partial charge in [0.25, 0.3) is 5.91 Å². The average Bonchev–Trinajstić information content (AvgIpc) is 2.72. The molecule has 7 nitrogen and oxygen atoms in total. The fourth-order valence-electron chi connectivity index (χ4n) is 3.02. The highest BCUT2D eigenvalue weighted by molar-refractivity contribution is 6.09. The molecule has 1 amide bonds. The van der Waals surface area contributed by atoms with Crippen LogP contribution in [0, 0.1) is 0 Å². The molecule has 3 rings (SSSR count). The summed E-state index contributed by atoms with van der Waals surface area (Å²) in [6.45, 7) is 0.674. The van der Waals surface area contributed by atoms with Gasteiger partial charge in [0.1, 0.15) is 11.5 Å². The van der Waals surface area contributed by atoms with Gasteiger partial charge in [-0.25, -0.2) is 0 Å². The predicted molar refractivity (Wildman–Crippen MR) is 103 cm³/mol. The number of aromatic nitrogens is 2. The quantitative estimate of drug-likeness (QED) is 0.720. The van der Waals surface area contributed by atoms with Crippen LogP contribution in [-0.4, -0.2) is 42.0 Å². The van der Waals surface area contributed by atoms with E-state index in [9.17, 15) is 4.79 Å². The third-order valence-corrected chi connectivity index (χ3v) is 4.37. The summed E-state index contributed by atoms with van der Waals surface area (Å²) in [5.41, 5.74) is 7.92. The highest BCUT2D eigenvalue weighted by Crippen LogP contribution is 2.35. The summed E-state index contributed by atoms with van der Waals surface area (Å²) < 4.78 is 10.9. The minimum Gasteiger partial charge on any atom is -0.497 e. The smallest absolute Gasteiger partial charge is 0.256 e. The molecule has 1 aromatic carbocycles. The summed E-state index contributed by atoms with van der Waals surface area (Å²) in [7, 11) is 4.88. The van der Waals surface area contributed by atoms with E-state index < -0.39 is 0 Å². The van der Waals surface area contributed by atoms with Gasteiger partial charge < -0.3 is 20.1 Å². The third-order valence-electron chi connectivity index (χ3n) is 4.37. The van der Waals surface area contributed by atoms with Crippen molar-refractivity contribution in [1.82, 2.24) is 14.9 Å². The second-order valence-electron chi connectivity index (χ2n) is 6.10. The van der Waals surface area contributed by atoms with Crippen molar-refractivity contribution < 1.29 is 14.3 Å². The Balaban J connectivity index is 2.09. The van der Waals surface area contributed by atoms with E-state index in [4.69, 9.17) is 15.2 Å². The van der Waals surface area contributed by atoms with Gasteiger partial charge in [-0.15, -0.1) is 0 Å². The molecule has 0 atom stereocenters. The van der Waals surface area contributed by atoms with E-state index in [0.29, 0.717) is 34.7 Å². The molecular formula is C20H22N4O3. The number of nitrogens with zero attached hydrogens (tertiary/aromatic N) is 3. The van der Waals surface area contributed by atoms with E-state index in [1.165, 1.54) is 0 Å². The maximum absolute atomic E-state index is 13.1. The average molecular weight is 366 g/mol. The second-order valence-corrected chi connectivity index (χ2v) is 6.10. The molecule has 0 radical (unpaired) electrons. The number of ether oxygens (including phenoxy) is 2. The Labute approximate surface area is 157 Å². The highest BCUT2D eigenvalue weighted by atomic mass is 16.5. The zero-order valence-electron chi connectivity index (χ0n) is 15.6. The Kier molecular flexibility index (Phi) is 5.52. The fourth-order valence-corrected chi connectivity index (χ4v) is 3.02. The number of pyridine rings is 2. The van der Waals surface area contributed by atoms with Crippen molar-refractivity contribution in [1.29, 1.82) is 0 Å². The maximum Gasteiger partial charge on any atom is 0.256 e. The molecular weight excluding hydrogens is 344 g/mol. The number of amides is 1. The number of carbonyl (C=O) groups is 1. The van der Waals surface area contributed by atoms with Crippen LogP contribution in [0.4, 0.5) is 0 Å². The van der Waals surface area contributed by atoms with Crippen LogP contribution in [0.3, 0.4) is 0 Å². The van der Waals surface area contributed by atoms with Gasteiger partial charge in [-0.2, -0.15) is 0 Å². The van der Waals surface area contributed by atoms with Gasteiger partial charge in [0.05, 0.1) is 25.5 Å². The lowest BCUT2D eigenvalue weighted by Gasteiger charge is -2.19. The highest BCUT2D eigenvalue weighted by Gasteiger charge is 2.20. The van der Waals surface area contributed by atoms with Crippen molar-refractivity contribution in [2.45, 2.75) is 13.1 Å². The van der Waals surface area contributed by atoms with Crippen LogP contribution >= 0.6 is 0 Å². The summed E-state index contributed by atoms with van der Waals surface area (Å²) in [5, 5.41) is 1.42. The van der Waals surface area contributed by atoms with Crippen LogP contribution in [0.25, 0.3) is 10.8 Å². The van der Waals surface area contributed by atoms with Crippen LogP contribution in [0.5, 0.6) is 11.5 Å². The first-order chi connectivity index (χ1) is 13.1. The number of hydrogen-bond acceptors (Lipinski definition) is 6. The van der Waals surface area contributed by atoms with E-state index in [1.54, 1.807) is 50.8 Å². The lowest BCUT2D eigenvalue weighted by atomic mass is 10.0. The molecule has 0 unspecified atom stereocenters. The van der Waals surface area contributed by atoms with E-state index in [-0.39, 0.29) is 12.5 Å². The Morgan fingerprint density at radius 2 is 2.04 bits per heavy atom. The standard InChI is InChI=1S/C20H22N4O3/c1-24(12-13-5-4-6-22-10-13)20(25)16-11-23-17(9-21)19-15(16)7-14(26-2)8-18(19)27-3/h4-8,10-11H,9,12,21H2,1-3H3. The van der Waals surface area contributed by atoms with Gasteiger partial charge in [-0.1, -0.05) is 6.07 Å². The number of rotatable bonds is 6. The molecule has 2 heterocycles. The first-order valence-electron chi connectivity index (χ1n) is 8.47. The van der Waals surface area contributed by atoms with E-state index >= 15 is 0 Å². The van der Waals surface area contributed by atoms with Crippen molar-refractivity contribution >= 4 is 16.7 Å². The van der Waals surface area contributed by atoms with E-state index in [2.05, 4.69) is 9.97 Å². The van der Waals surface area contributed by atoms with Crippen molar-refractivity contribution in [3.05, 3.63) is 59.7 Å². The number of nitrogens with two attached hydrogens (primary N) is 1. The number of methoxy groups -OCH3 is 2. The second kappa shape index (κ2) is 8.01. The summed E-state index contributed by atoms with van der Waals surface area (Å²) in [4.78, 5) is 23.2. The molecule has 0 saturated carbocycles. The molecule has 3 aromatic rings. The summed E-state index contributed by atoms with van der Waals surface area (Å²) in [6.07, 6.45) is 5.00. The van der Waals surface area contributed by atoms with Crippen molar-refractivity contribution in [2.75, 3.05) is 21.3 Å². The minimum absolute atomic E-state index is 0.157. The zero-order valence-corrected chi connectivity index (χ0v) is 15.6. The molecule has 0 spiro atoms. The molecule has 7 heteroatoms. The molecule has 0 aliphatic carbocycles. The number of hydrogen-bond donors (Lipinski definition) is 1. The van der Waals surface area contributed by atoms with Crippen LogP contribution in [0.15, 0.2) is 42.9 Å². The van der Waals surface area contributed by atoms with Gasteiger partial charge in [-0.3, -0.25) is 14.8 Å². The summed E-state index contributed by atoms with van der Waals surface area (Å²) in [5.74, 6) is 1.01. The van der Waals surface area contributed by atoms with Crippen LogP contribution in [0.1, 0.15) is 21.6 Å². The van der Waals surface area contributed by atoms with Crippen LogP contribution in [-0.2, 0) is 13.1 Å². The Bertz CT molecular complexity index is 960. The fraction of sp³-hybridized carbons (Fsp3) is 0.250. The third kappa shape index (κ3) is 3.68. The molecule has 0 bridgehead atoms. The molecule has 0 fully saturated rings. The topological polar surface area (TPSA) is 90.6 Å². The lowest BCUT2D eigenvalue weighted by molar-refractivity contribution is 0.0786. The number of benzene rings is 1. The zero-order chi connectivity index (χ0) is 19.4. The first-order valence-corrected chi connectivity index (χ1v) is 8.47. The van der Waals surface area contributed by atoms with Crippen molar-refractivity contribution in [3.8, 4) is 11.5 Å². The molecule has 0 saturated heterocycles. The minimum atomic E-state index is -0.157. The van der Waals surface area contributed by atoms with Crippen molar-refractivity contribution in [2.24, 2.45) is 5.73 Å². The molecule has 27 heavy (non-hydrogen) atoms. The summed E-state index contributed by atoms with van der Waals surface area (Å²) >= 11 is 0. The number of fused-ring (bicyclic) bond motifs is 1. The molecule has 0 aliphatic rings. The van der Waals surface area contributed by atoms with Gasteiger partial charge in [0.2, 0.25) is 0 Å². The van der Waals surface area contributed by atoms with E-state index in [1.807, 2.05) is 18.2 Å². The maximum atomic E-state index is 13.1. The Morgan fingerprint density at radius 3 is 2.67 bits per heavy atom. The van der Waals surface area contributed by atoms with E-state index in [0.717, 1.165) is 10.9 Å². The largest absolute Gasteiger partial charge is 0.497 e. The Morgan fingerprint density at radius 1 is 1.22 bits per heavy atom. The normalized spacial score (nSPS) is 10.7. The van der Waals surface area contributed by atoms with Crippen molar-refractivity contribution in [3.63, 3.8) is 0 Å². The van der Waals surface area contributed by atoms with Gasteiger partial charge in [0, 0.05) is 55.6 Å². The molecule has 140 valence electrons. The van der Waals surface area contributed by atoms with Crippen LogP contribution < -0.4 is 15.2 Å². The number of carbonyl (C=O) groups excluding carboxylic acids is 1. The molecule has 0 aliphatic heterocycles. The monoisotopic (exact) mass is 366 g/mol. The van der Waals surface area contributed by atoms with Crippen LogP contribution in [0.2, 0.25) is 0 Å². The van der Waals surface area contributed by atoms with Gasteiger partial charge in [0.15, 0.2) is 0 Å². The molecule has 2 N–H and O–H groups in total. The predicted octanol–water partition coefficient (Wildman–Crippen LogP) is 2.38. The summed E-state index contributed by atoms with van der Waals surface area (Å²) in [6, 6.07) is 7.34. The first kappa shape index (κ1) is 18.6. The SMILES string of the molecule is COc1cc(OC)c2c(CN)ncc(C(=O)N(C)Cc3cccnc3)c2c1.